The zero-order chi connectivity index (χ0) is 25.0. The molecule has 1 amide bonds. The van der Waals surface area contributed by atoms with Gasteiger partial charge in [-0.3, -0.25) is 9.69 Å². The van der Waals surface area contributed by atoms with Crippen LogP contribution in [0.5, 0.6) is 0 Å². The zero-order valence-corrected chi connectivity index (χ0v) is 18.7. The number of nitriles is 2. The Morgan fingerprint density at radius 2 is 1.71 bits per heavy atom. The minimum Gasteiger partial charge on any atom is -0.478 e. The number of carboxylic acid groups (broad SMARTS) is 2. The number of amides is 1. The number of aromatic nitrogens is 1. The van der Waals surface area contributed by atoms with Crippen molar-refractivity contribution < 1.29 is 24.6 Å². The Morgan fingerprint density at radius 1 is 1.09 bits per heavy atom. The van der Waals surface area contributed by atoms with Crippen LogP contribution in [0.2, 0.25) is 0 Å². The molecule has 0 aromatic carbocycles. The lowest BCUT2D eigenvalue weighted by molar-refractivity contribution is -0.134. The number of nitrogens with zero attached hydrogens (tertiary/aromatic N) is 4. The van der Waals surface area contributed by atoms with Crippen LogP contribution in [-0.2, 0) is 14.4 Å². The number of hydrogen-bond acceptors (Lipinski definition) is 8. The van der Waals surface area contributed by atoms with Crippen LogP contribution in [0.4, 0.5) is 5.82 Å². The summed E-state index contributed by atoms with van der Waals surface area (Å²) in [7, 11) is 0. The number of nitrogens with one attached hydrogen (secondary N) is 2. The highest BCUT2D eigenvalue weighted by Crippen LogP contribution is 2.30. The Kier molecular flexibility index (Phi) is 9.99. The minimum atomic E-state index is -1.26. The van der Waals surface area contributed by atoms with Crippen molar-refractivity contribution in [1.82, 2.24) is 15.2 Å². The third kappa shape index (κ3) is 8.19. The molecule has 0 spiro atoms. The second-order valence-electron chi connectivity index (χ2n) is 8.16. The Labute approximate surface area is 197 Å². The molecule has 1 atom stereocenters. The van der Waals surface area contributed by atoms with E-state index in [0.717, 1.165) is 51.6 Å². The molecule has 34 heavy (non-hydrogen) atoms. The van der Waals surface area contributed by atoms with Crippen molar-refractivity contribution in [3.05, 3.63) is 36.0 Å². The van der Waals surface area contributed by atoms with Crippen LogP contribution < -0.4 is 10.6 Å². The van der Waals surface area contributed by atoms with Crippen molar-refractivity contribution in [3.63, 3.8) is 0 Å². The number of likely N-dealkylation sites (tertiary alicyclic amines) is 1. The first-order valence-corrected chi connectivity index (χ1v) is 11.0. The summed E-state index contributed by atoms with van der Waals surface area (Å²) in [5.74, 6) is -2.02. The van der Waals surface area contributed by atoms with Gasteiger partial charge in [-0.15, -0.1) is 0 Å². The summed E-state index contributed by atoms with van der Waals surface area (Å²) < 4.78 is 0. The number of pyridine rings is 1. The topological polar surface area (TPSA) is 179 Å². The summed E-state index contributed by atoms with van der Waals surface area (Å²) in [6.07, 6.45) is 8.63. The van der Waals surface area contributed by atoms with Crippen LogP contribution in [0.1, 0.15) is 44.1 Å². The zero-order valence-electron chi connectivity index (χ0n) is 18.7. The van der Waals surface area contributed by atoms with Crippen LogP contribution >= 0.6 is 0 Å². The van der Waals surface area contributed by atoms with Gasteiger partial charge in [0.05, 0.1) is 17.2 Å². The maximum absolute atomic E-state index is 12.8. The van der Waals surface area contributed by atoms with E-state index in [4.69, 9.17) is 15.5 Å². The van der Waals surface area contributed by atoms with Crippen LogP contribution in [0.15, 0.2) is 30.5 Å². The molecule has 1 aliphatic heterocycles. The maximum atomic E-state index is 12.8. The predicted molar refractivity (Wildman–Crippen MR) is 121 cm³/mol. The molecule has 3 rings (SSSR count). The number of anilines is 1. The Bertz CT molecular complexity index is 951. The van der Waals surface area contributed by atoms with E-state index >= 15 is 0 Å². The standard InChI is InChI=1S/C19H24N6O.C4H4O4/c20-11-15-5-6-17(22-13-15)23-14-19(7-1-2-8-19)24-18(26)16(12-21)25-9-3-4-10-25;5-3(6)1-2-4(7)8/h5-6,13,16H,1-4,7-10,14H2,(H,22,23)(H,24,26);1-2H,(H,5,6)(H,7,8)/t16-;/m0./s1. The van der Waals surface area contributed by atoms with Gasteiger partial charge in [-0.2, -0.15) is 10.5 Å². The first kappa shape index (κ1) is 26.3. The van der Waals surface area contributed by atoms with Gasteiger partial charge < -0.3 is 20.8 Å². The fraction of sp³-hybridized carbons (Fsp3) is 0.478. The van der Waals surface area contributed by atoms with Gasteiger partial charge in [0, 0.05) is 24.9 Å². The van der Waals surface area contributed by atoms with Crippen molar-refractivity contribution in [2.24, 2.45) is 0 Å². The predicted octanol–water partition coefficient (Wildman–Crippen LogP) is 1.49. The van der Waals surface area contributed by atoms with E-state index in [2.05, 4.69) is 21.7 Å². The van der Waals surface area contributed by atoms with Gasteiger partial charge >= 0.3 is 11.9 Å². The molecule has 1 aromatic heterocycles. The highest BCUT2D eigenvalue weighted by atomic mass is 16.4. The van der Waals surface area contributed by atoms with Gasteiger partial charge in [-0.05, 0) is 50.9 Å². The van der Waals surface area contributed by atoms with Crippen LogP contribution in [0.3, 0.4) is 0 Å². The summed E-state index contributed by atoms with van der Waals surface area (Å²) >= 11 is 0. The molecule has 4 N–H and O–H groups in total. The average Bonchev–Trinajstić information content (AvgIpc) is 3.51. The number of aliphatic carboxylic acids is 2. The van der Waals surface area contributed by atoms with Gasteiger partial charge in [-0.25, -0.2) is 14.6 Å². The lowest BCUT2D eigenvalue weighted by atomic mass is 9.96. The molecule has 2 fully saturated rings. The number of carbonyl (C=O) groups is 3. The van der Waals surface area contributed by atoms with Crippen molar-refractivity contribution in [2.75, 3.05) is 25.0 Å². The SMILES string of the molecule is N#Cc1ccc(NCC2(NC(=O)[C@H](C#N)N3CCCC3)CCCC2)nc1.O=C(O)C=CC(=O)O. The maximum Gasteiger partial charge on any atom is 0.328 e. The number of carboxylic acids is 2. The van der Waals surface area contributed by atoms with Crippen molar-refractivity contribution in [1.29, 1.82) is 10.5 Å². The van der Waals surface area contributed by atoms with E-state index in [-0.39, 0.29) is 11.4 Å². The highest BCUT2D eigenvalue weighted by Gasteiger charge is 2.38. The molecule has 11 nitrogen and oxygen atoms in total. The van der Waals surface area contributed by atoms with Crippen molar-refractivity contribution in [2.45, 2.75) is 50.1 Å². The van der Waals surface area contributed by atoms with Crippen molar-refractivity contribution >= 4 is 23.7 Å². The van der Waals surface area contributed by atoms with Gasteiger partial charge in [0.1, 0.15) is 11.9 Å². The molecule has 1 aliphatic carbocycles. The Hall–Kier alpha value is -3.96. The normalized spacial score (nSPS) is 17.6. The van der Waals surface area contributed by atoms with Gasteiger partial charge in [0.25, 0.3) is 5.91 Å². The molecule has 2 heterocycles. The number of carbonyl (C=O) groups excluding carboxylic acids is 1. The van der Waals surface area contributed by atoms with E-state index in [0.29, 0.717) is 30.1 Å². The average molecular weight is 469 g/mol. The lowest BCUT2D eigenvalue weighted by Crippen LogP contribution is -2.56. The first-order valence-electron chi connectivity index (χ1n) is 11.0. The van der Waals surface area contributed by atoms with E-state index in [1.165, 1.54) is 6.20 Å². The molecule has 1 aromatic rings. The van der Waals surface area contributed by atoms with E-state index < -0.39 is 18.0 Å². The van der Waals surface area contributed by atoms with E-state index in [1.54, 1.807) is 12.1 Å². The molecule has 180 valence electrons. The Balaban J connectivity index is 0.000000440. The lowest BCUT2D eigenvalue weighted by Gasteiger charge is -2.33. The van der Waals surface area contributed by atoms with Crippen LogP contribution in [-0.4, -0.2) is 69.2 Å². The summed E-state index contributed by atoms with van der Waals surface area (Å²) in [5.41, 5.74) is 0.170. The summed E-state index contributed by atoms with van der Waals surface area (Å²) in [6, 6.07) is 7.00. The number of rotatable bonds is 8. The fourth-order valence-electron chi connectivity index (χ4n) is 4.00. The molecule has 11 heteroatoms. The quantitative estimate of drug-likeness (QED) is 0.408. The summed E-state index contributed by atoms with van der Waals surface area (Å²) in [4.78, 5) is 38.1. The molecular formula is C23H28N6O5. The highest BCUT2D eigenvalue weighted by molar-refractivity contribution is 5.89. The molecule has 0 bridgehead atoms. The number of hydrogen-bond donors (Lipinski definition) is 4. The van der Waals surface area contributed by atoms with E-state index in [9.17, 15) is 19.6 Å². The largest absolute Gasteiger partial charge is 0.478 e. The van der Waals surface area contributed by atoms with Gasteiger partial charge in [0.2, 0.25) is 0 Å². The van der Waals surface area contributed by atoms with Gasteiger partial charge in [-0.1, -0.05) is 12.8 Å². The second-order valence-corrected chi connectivity index (χ2v) is 8.16. The van der Waals surface area contributed by atoms with Crippen molar-refractivity contribution in [3.8, 4) is 12.1 Å². The molecule has 1 saturated carbocycles. The monoisotopic (exact) mass is 468 g/mol. The molecule has 1 saturated heterocycles. The van der Waals surface area contributed by atoms with E-state index in [1.807, 2.05) is 11.0 Å². The third-order valence-corrected chi connectivity index (χ3v) is 5.69. The first-order chi connectivity index (χ1) is 16.3. The third-order valence-electron chi connectivity index (χ3n) is 5.69. The summed E-state index contributed by atoms with van der Waals surface area (Å²) in [5, 5.41) is 40.4. The molecule has 0 unspecified atom stereocenters. The minimum absolute atomic E-state index is 0.189. The van der Waals surface area contributed by atoms with Crippen LogP contribution in [0, 0.1) is 22.7 Å². The summed E-state index contributed by atoms with van der Waals surface area (Å²) in [6.45, 7) is 2.19. The molecule has 2 aliphatic rings. The molecule has 0 radical (unpaired) electrons. The van der Waals surface area contributed by atoms with Gasteiger partial charge in [0.15, 0.2) is 6.04 Å². The smallest absolute Gasteiger partial charge is 0.328 e. The second kappa shape index (κ2) is 12.9. The Morgan fingerprint density at radius 3 is 2.18 bits per heavy atom. The fourth-order valence-corrected chi connectivity index (χ4v) is 4.00. The van der Waals surface area contributed by atoms with Crippen LogP contribution in [0.25, 0.3) is 0 Å². The molecular weight excluding hydrogens is 440 g/mol.